The quantitative estimate of drug-likeness (QED) is 0.634. The van der Waals surface area contributed by atoms with Crippen molar-refractivity contribution in [2.45, 2.75) is 20.0 Å². The predicted octanol–water partition coefficient (Wildman–Crippen LogP) is 5.04. The van der Waals surface area contributed by atoms with E-state index in [2.05, 4.69) is 61.6 Å². The second kappa shape index (κ2) is 7.69. The molecule has 0 saturated carbocycles. The number of nitrogens with two attached hydrogens (primary N) is 1. The average molecular weight is 368 g/mol. The zero-order valence-corrected chi connectivity index (χ0v) is 16.1. The van der Waals surface area contributed by atoms with E-state index >= 15 is 0 Å². The summed E-state index contributed by atoms with van der Waals surface area (Å²) in [7, 11) is 0. The first-order chi connectivity index (χ1) is 13.6. The highest BCUT2D eigenvalue weighted by Crippen LogP contribution is 2.29. The van der Waals surface area contributed by atoms with Crippen molar-refractivity contribution < 1.29 is 0 Å². The third-order valence-corrected chi connectivity index (χ3v) is 4.76. The van der Waals surface area contributed by atoms with Gasteiger partial charge in [0.1, 0.15) is 11.7 Å². The minimum Gasteiger partial charge on any atom is -0.399 e. The second-order valence-electron chi connectivity index (χ2n) is 7.26. The highest BCUT2D eigenvalue weighted by molar-refractivity contribution is 6.11. The Morgan fingerprint density at radius 2 is 1.46 bits per heavy atom. The lowest BCUT2D eigenvalue weighted by Gasteiger charge is -2.24. The topological polar surface area (TPSA) is 62.8 Å². The summed E-state index contributed by atoms with van der Waals surface area (Å²) in [5.74, 6) is 2.10. The van der Waals surface area contributed by atoms with Crippen molar-refractivity contribution in [3.63, 3.8) is 0 Å². The Morgan fingerprint density at radius 1 is 0.786 bits per heavy atom. The highest BCUT2D eigenvalue weighted by Gasteiger charge is 2.21. The maximum atomic E-state index is 5.96. The smallest absolute Gasteiger partial charge is 0.169 e. The number of anilines is 1. The van der Waals surface area contributed by atoms with E-state index in [-0.39, 0.29) is 12.1 Å². The lowest BCUT2D eigenvalue weighted by molar-refractivity contribution is 0.720. The van der Waals surface area contributed by atoms with Crippen molar-refractivity contribution in [2.24, 2.45) is 15.9 Å². The molecule has 0 spiro atoms. The van der Waals surface area contributed by atoms with Crippen LogP contribution in [0.1, 0.15) is 31.1 Å². The van der Waals surface area contributed by atoms with Crippen LogP contribution < -0.4 is 11.1 Å². The second-order valence-corrected chi connectivity index (χ2v) is 7.26. The number of nitrogen functional groups attached to an aromatic ring is 1. The van der Waals surface area contributed by atoms with Gasteiger partial charge in [0.15, 0.2) is 6.17 Å². The Bertz CT molecular complexity index is 1040. The van der Waals surface area contributed by atoms with Crippen molar-refractivity contribution >= 4 is 17.4 Å². The largest absolute Gasteiger partial charge is 0.399 e. The Hall–Kier alpha value is -3.40. The SMILES string of the molecule is CC(C)C1=NC(c2cccc(-c3cccc(N)c3)c2)N=C(c2ccccc2)N1. The van der Waals surface area contributed by atoms with E-state index in [0.29, 0.717) is 0 Å². The number of hydrogen-bond acceptors (Lipinski definition) is 4. The molecule has 1 unspecified atom stereocenters. The van der Waals surface area contributed by atoms with Gasteiger partial charge in [-0.3, -0.25) is 0 Å². The Morgan fingerprint density at radius 3 is 2.18 bits per heavy atom. The lowest BCUT2D eigenvalue weighted by Crippen LogP contribution is -2.38. The summed E-state index contributed by atoms with van der Waals surface area (Å²) in [5, 5.41) is 3.41. The summed E-state index contributed by atoms with van der Waals surface area (Å²) < 4.78 is 0. The molecule has 1 atom stereocenters. The van der Waals surface area contributed by atoms with Gasteiger partial charge in [0.2, 0.25) is 0 Å². The Labute approximate surface area is 165 Å². The molecule has 1 aliphatic heterocycles. The van der Waals surface area contributed by atoms with E-state index in [9.17, 15) is 0 Å². The lowest BCUT2D eigenvalue weighted by atomic mass is 10.0. The average Bonchev–Trinajstić information content (AvgIpc) is 2.74. The van der Waals surface area contributed by atoms with Crippen LogP contribution in [-0.2, 0) is 0 Å². The molecule has 0 amide bonds. The van der Waals surface area contributed by atoms with Gasteiger partial charge < -0.3 is 11.1 Å². The molecule has 4 heteroatoms. The van der Waals surface area contributed by atoms with Crippen LogP contribution in [0.4, 0.5) is 5.69 Å². The van der Waals surface area contributed by atoms with Crippen LogP contribution >= 0.6 is 0 Å². The first kappa shape index (κ1) is 18.0. The van der Waals surface area contributed by atoms with Crippen LogP contribution in [0.3, 0.4) is 0 Å². The van der Waals surface area contributed by atoms with Crippen molar-refractivity contribution in [1.29, 1.82) is 0 Å². The molecular weight excluding hydrogens is 344 g/mol. The van der Waals surface area contributed by atoms with Gasteiger partial charge in [0.25, 0.3) is 0 Å². The van der Waals surface area contributed by atoms with Gasteiger partial charge in [-0.1, -0.05) is 74.5 Å². The monoisotopic (exact) mass is 368 g/mol. The summed E-state index contributed by atoms with van der Waals surface area (Å²) in [4.78, 5) is 9.77. The van der Waals surface area contributed by atoms with Crippen molar-refractivity contribution in [3.05, 3.63) is 90.0 Å². The van der Waals surface area contributed by atoms with E-state index < -0.39 is 0 Å². The zero-order chi connectivity index (χ0) is 19.5. The molecular formula is C24H24N4. The number of nitrogens with zero attached hydrogens (tertiary/aromatic N) is 2. The van der Waals surface area contributed by atoms with Crippen molar-refractivity contribution in [1.82, 2.24) is 5.32 Å². The molecule has 3 aromatic rings. The van der Waals surface area contributed by atoms with Gasteiger partial charge in [0, 0.05) is 17.2 Å². The molecule has 0 radical (unpaired) electrons. The fourth-order valence-corrected chi connectivity index (χ4v) is 3.25. The minimum atomic E-state index is -0.269. The summed E-state index contributed by atoms with van der Waals surface area (Å²) in [5.41, 5.74) is 11.0. The fraction of sp³-hybridized carbons (Fsp3) is 0.167. The van der Waals surface area contributed by atoms with Crippen LogP contribution in [0.2, 0.25) is 0 Å². The maximum Gasteiger partial charge on any atom is 0.169 e. The molecule has 28 heavy (non-hydrogen) atoms. The molecule has 3 aromatic carbocycles. The highest BCUT2D eigenvalue weighted by atomic mass is 15.2. The molecule has 1 heterocycles. The molecule has 4 rings (SSSR count). The normalized spacial score (nSPS) is 16.3. The van der Waals surface area contributed by atoms with Crippen molar-refractivity contribution in [3.8, 4) is 11.1 Å². The van der Waals surface area contributed by atoms with E-state index in [0.717, 1.165) is 39.6 Å². The molecule has 4 nitrogen and oxygen atoms in total. The molecule has 3 N–H and O–H groups in total. The molecule has 1 aliphatic rings. The van der Waals surface area contributed by atoms with E-state index in [1.165, 1.54) is 0 Å². The minimum absolute atomic E-state index is 0.269. The molecule has 0 bridgehead atoms. The summed E-state index contributed by atoms with van der Waals surface area (Å²) in [6.45, 7) is 4.28. The number of benzene rings is 3. The molecule has 140 valence electrons. The molecule has 0 aromatic heterocycles. The van der Waals surface area contributed by atoms with E-state index in [4.69, 9.17) is 15.7 Å². The number of amidine groups is 2. The Kier molecular flexibility index (Phi) is 4.94. The number of hydrogen-bond donors (Lipinski definition) is 2. The fourth-order valence-electron chi connectivity index (χ4n) is 3.25. The number of aliphatic imine (C=N–C) groups is 2. The maximum absolute atomic E-state index is 5.96. The predicted molar refractivity (Wildman–Crippen MR) is 117 cm³/mol. The first-order valence-corrected chi connectivity index (χ1v) is 9.54. The van der Waals surface area contributed by atoms with Gasteiger partial charge in [-0.05, 0) is 34.9 Å². The standard InChI is InChI=1S/C24H24N4/c1-16(2)22-26-23(17-8-4-3-5-9-17)28-24(27-22)20-12-6-10-18(14-20)19-11-7-13-21(25)15-19/h3-16,24H,25H2,1-2H3,(H,26,27,28). The number of nitrogens with one attached hydrogen (secondary N) is 1. The van der Waals surface area contributed by atoms with Gasteiger partial charge >= 0.3 is 0 Å². The summed E-state index contributed by atoms with van der Waals surface area (Å²) >= 11 is 0. The van der Waals surface area contributed by atoms with Crippen LogP contribution in [0.15, 0.2) is 88.8 Å². The van der Waals surface area contributed by atoms with Gasteiger partial charge in [0.05, 0.1) is 0 Å². The van der Waals surface area contributed by atoms with Gasteiger partial charge in [-0.15, -0.1) is 0 Å². The van der Waals surface area contributed by atoms with Crippen LogP contribution in [-0.4, -0.2) is 11.7 Å². The zero-order valence-electron chi connectivity index (χ0n) is 16.1. The third kappa shape index (κ3) is 3.81. The Balaban J connectivity index is 1.74. The summed E-state index contributed by atoms with van der Waals surface area (Å²) in [6.07, 6.45) is -0.269. The molecule has 0 saturated heterocycles. The van der Waals surface area contributed by atoms with Gasteiger partial charge in [-0.25, -0.2) is 9.98 Å². The van der Waals surface area contributed by atoms with Gasteiger partial charge in [-0.2, -0.15) is 0 Å². The third-order valence-electron chi connectivity index (χ3n) is 4.76. The first-order valence-electron chi connectivity index (χ1n) is 9.54. The summed E-state index contributed by atoms with van der Waals surface area (Å²) in [6, 6.07) is 26.5. The van der Waals surface area contributed by atoms with Crippen LogP contribution in [0, 0.1) is 5.92 Å². The van der Waals surface area contributed by atoms with E-state index in [1.54, 1.807) is 0 Å². The van der Waals surface area contributed by atoms with Crippen LogP contribution in [0.25, 0.3) is 11.1 Å². The van der Waals surface area contributed by atoms with Crippen LogP contribution in [0.5, 0.6) is 0 Å². The molecule has 0 fully saturated rings. The van der Waals surface area contributed by atoms with Crippen molar-refractivity contribution in [2.75, 3.05) is 5.73 Å². The number of rotatable bonds is 4. The van der Waals surface area contributed by atoms with E-state index in [1.807, 2.05) is 36.4 Å². The molecule has 0 aliphatic carbocycles.